The number of carbonyl (C=O) groups is 2. The van der Waals surface area contributed by atoms with Crippen LogP contribution in [0.4, 0.5) is 11.5 Å². The first-order chi connectivity index (χ1) is 13.2. The Morgan fingerprint density at radius 3 is 2.26 bits per heavy atom. The molecule has 0 saturated heterocycles. The van der Waals surface area contributed by atoms with Gasteiger partial charge in [-0.3, -0.25) is 14.5 Å². The molecule has 1 aromatic heterocycles. The second-order valence-electron chi connectivity index (χ2n) is 6.04. The molecule has 2 aromatic carbocycles. The number of nitrogens with zero attached hydrogens (tertiary/aromatic N) is 2. The third-order valence-electron chi connectivity index (χ3n) is 4.09. The molecule has 5 nitrogen and oxygen atoms in total. The van der Waals surface area contributed by atoms with Crippen molar-refractivity contribution in [2.75, 3.05) is 10.2 Å². The zero-order chi connectivity index (χ0) is 19.1. The van der Waals surface area contributed by atoms with Gasteiger partial charge in [0.05, 0.1) is 6.54 Å². The summed E-state index contributed by atoms with van der Waals surface area (Å²) in [5.74, 6) is 0.383. The van der Waals surface area contributed by atoms with Crippen LogP contribution < -0.4 is 10.2 Å². The van der Waals surface area contributed by atoms with Gasteiger partial charge in [-0.1, -0.05) is 43.3 Å². The third kappa shape index (κ3) is 4.79. The van der Waals surface area contributed by atoms with E-state index in [1.807, 2.05) is 48.5 Å². The summed E-state index contributed by atoms with van der Waals surface area (Å²) >= 11 is 0. The minimum atomic E-state index is -0.147. The van der Waals surface area contributed by atoms with Crippen LogP contribution in [-0.4, -0.2) is 16.8 Å². The molecular weight excluding hydrogens is 338 g/mol. The molecule has 0 bridgehead atoms. The summed E-state index contributed by atoms with van der Waals surface area (Å²) in [5.41, 5.74) is 2.22. The van der Waals surface area contributed by atoms with E-state index >= 15 is 0 Å². The van der Waals surface area contributed by atoms with Gasteiger partial charge in [-0.2, -0.15) is 0 Å². The van der Waals surface area contributed by atoms with Gasteiger partial charge in [-0.15, -0.1) is 0 Å². The Balaban J connectivity index is 1.85. The van der Waals surface area contributed by atoms with E-state index in [0.29, 0.717) is 30.0 Å². The molecule has 0 spiro atoms. The molecule has 0 aliphatic rings. The summed E-state index contributed by atoms with van der Waals surface area (Å²) in [7, 11) is 0. The first kappa shape index (κ1) is 18.3. The van der Waals surface area contributed by atoms with Crippen molar-refractivity contribution in [2.45, 2.75) is 19.9 Å². The molecule has 3 aromatic rings. The van der Waals surface area contributed by atoms with E-state index in [-0.39, 0.29) is 11.8 Å². The number of hydrogen-bond acceptors (Lipinski definition) is 3. The number of rotatable bonds is 6. The van der Waals surface area contributed by atoms with Crippen LogP contribution in [0, 0.1) is 0 Å². The van der Waals surface area contributed by atoms with Gasteiger partial charge in [-0.05, 0) is 42.0 Å². The fourth-order valence-electron chi connectivity index (χ4n) is 2.64. The summed E-state index contributed by atoms with van der Waals surface area (Å²) in [6.45, 7) is 2.21. The quantitative estimate of drug-likeness (QED) is 0.715. The average molecular weight is 359 g/mol. The lowest BCUT2D eigenvalue weighted by molar-refractivity contribution is -0.115. The maximum Gasteiger partial charge on any atom is 0.259 e. The maximum absolute atomic E-state index is 13.1. The molecule has 0 radical (unpaired) electrons. The number of hydrogen-bond donors (Lipinski definition) is 1. The van der Waals surface area contributed by atoms with E-state index in [2.05, 4.69) is 10.3 Å². The fraction of sp³-hybridized carbons (Fsp3) is 0.136. The smallest absolute Gasteiger partial charge is 0.259 e. The van der Waals surface area contributed by atoms with Gasteiger partial charge in [0.2, 0.25) is 5.91 Å². The Bertz CT molecular complexity index is 894. The molecule has 1 N–H and O–H groups in total. The minimum Gasteiger partial charge on any atom is -0.326 e. The van der Waals surface area contributed by atoms with E-state index in [4.69, 9.17) is 0 Å². The van der Waals surface area contributed by atoms with E-state index in [9.17, 15) is 9.59 Å². The van der Waals surface area contributed by atoms with Crippen LogP contribution in [0.1, 0.15) is 29.3 Å². The number of pyridine rings is 1. The number of nitrogens with one attached hydrogen (secondary N) is 1. The summed E-state index contributed by atoms with van der Waals surface area (Å²) in [6, 6.07) is 22.2. The van der Waals surface area contributed by atoms with Crippen LogP contribution in [0.15, 0.2) is 79.0 Å². The van der Waals surface area contributed by atoms with Gasteiger partial charge >= 0.3 is 0 Å². The maximum atomic E-state index is 13.1. The number of benzene rings is 2. The fourth-order valence-corrected chi connectivity index (χ4v) is 2.64. The predicted octanol–water partition coefficient (Wildman–Crippen LogP) is 4.28. The van der Waals surface area contributed by atoms with Crippen molar-refractivity contribution in [3.63, 3.8) is 0 Å². The highest BCUT2D eigenvalue weighted by molar-refractivity contribution is 6.05. The zero-order valence-electron chi connectivity index (χ0n) is 15.1. The van der Waals surface area contributed by atoms with Crippen molar-refractivity contribution in [1.29, 1.82) is 0 Å². The monoisotopic (exact) mass is 359 g/mol. The van der Waals surface area contributed by atoms with Crippen molar-refractivity contribution in [3.8, 4) is 0 Å². The zero-order valence-corrected chi connectivity index (χ0v) is 15.1. The Kier molecular flexibility index (Phi) is 5.94. The SMILES string of the molecule is CCC(=O)Nc1ccc(C(=O)N(Cc2ccccc2)c2ccccn2)cc1. The molecule has 2 amide bonds. The Hall–Kier alpha value is -3.47. The first-order valence-corrected chi connectivity index (χ1v) is 8.84. The molecule has 136 valence electrons. The molecule has 0 saturated carbocycles. The Morgan fingerprint density at radius 1 is 0.926 bits per heavy atom. The van der Waals surface area contributed by atoms with Crippen LogP contribution in [0.5, 0.6) is 0 Å². The lowest BCUT2D eigenvalue weighted by atomic mass is 10.1. The second-order valence-corrected chi connectivity index (χ2v) is 6.04. The van der Waals surface area contributed by atoms with Crippen molar-refractivity contribution in [2.24, 2.45) is 0 Å². The molecule has 0 unspecified atom stereocenters. The predicted molar refractivity (Wildman–Crippen MR) is 107 cm³/mol. The lowest BCUT2D eigenvalue weighted by Gasteiger charge is -2.22. The van der Waals surface area contributed by atoms with Gasteiger partial charge in [0, 0.05) is 23.9 Å². The van der Waals surface area contributed by atoms with Crippen molar-refractivity contribution < 1.29 is 9.59 Å². The van der Waals surface area contributed by atoms with E-state index < -0.39 is 0 Å². The highest BCUT2D eigenvalue weighted by Gasteiger charge is 2.19. The standard InChI is InChI=1S/C22H21N3O2/c1-2-21(26)24-19-13-11-18(12-14-19)22(27)25(20-10-6-7-15-23-20)16-17-8-4-3-5-9-17/h3-15H,2,16H2,1H3,(H,24,26). The minimum absolute atomic E-state index is 0.0618. The number of amides is 2. The number of aromatic nitrogens is 1. The van der Waals surface area contributed by atoms with Crippen LogP contribution in [0.3, 0.4) is 0 Å². The normalized spacial score (nSPS) is 10.3. The third-order valence-corrected chi connectivity index (χ3v) is 4.09. The molecule has 0 aliphatic carbocycles. The van der Waals surface area contributed by atoms with Crippen LogP contribution in [0.2, 0.25) is 0 Å². The topological polar surface area (TPSA) is 62.3 Å². The van der Waals surface area contributed by atoms with E-state index in [1.165, 1.54) is 0 Å². The van der Waals surface area contributed by atoms with E-state index in [0.717, 1.165) is 5.56 Å². The van der Waals surface area contributed by atoms with Crippen LogP contribution in [-0.2, 0) is 11.3 Å². The molecule has 3 rings (SSSR count). The number of carbonyl (C=O) groups excluding carboxylic acids is 2. The van der Waals surface area contributed by atoms with Crippen molar-refractivity contribution in [3.05, 3.63) is 90.1 Å². The average Bonchev–Trinajstić information content (AvgIpc) is 2.73. The van der Waals surface area contributed by atoms with Gasteiger partial charge in [0.1, 0.15) is 5.82 Å². The summed E-state index contributed by atoms with van der Waals surface area (Å²) in [5, 5.41) is 2.78. The lowest BCUT2D eigenvalue weighted by Crippen LogP contribution is -2.31. The molecular formula is C22H21N3O2. The van der Waals surface area contributed by atoms with Gasteiger partial charge in [0.15, 0.2) is 0 Å². The molecule has 0 aliphatic heterocycles. The first-order valence-electron chi connectivity index (χ1n) is 8.84. The Morgan fingerprint density at radius 2 is 1.63 bits per heavy atom. The van der Waals surface area contributed by atoms with Gasteiger partial charge in [-0.25, -0.2) is 4.98 Å². The summed E-state index contributed by atoms with van der Waals surface area (Å²) in [6.07, 6.45) is 2.08. The van der Waals surface area contributed by atoms with Gasteiger partial charge in [0.25, 0.3) is 5.91 Å². The highest BCUT2D eigenvalue weighted by Crippen LogP contribution is 2.19. The van der Waals surface area contributed by atoms with Crippen molar-refractivity contribution in [1.82, 2.24) is 4.98 Å². The van der Waals surface area contributed by atoms with Crippen LogP contribution in [0.25, 0.3) is 0 Å². The highest BCUT2D eigenvalue weighted by atomic mass is 16.2. The van der Waals surface area contributed by atoms with Gasteiger partial charge < -0.3 is 5.32 Å². The second kappa shape index (κ2) is 8.76. The molecule has 0 fully saturated rings. The largest absolute Gasteiger partial charge is 0.326 e. The summed E-state index contributed by atoms with van der Waals surface area (Å²) < 4.78 is 0. The molecule has 5 heteroatoms. The van der Waals surface area contributed by atoms with Crippen molar-refractivity contribution >= 4 is 23.3 Å². The number of anilines is 2. The molecule has 1 heterocycles. The molecule has 27 heavy (non-hydrogen) atoms. The Labute approximate surface area is 158 Å². The summed E-state index contributed by atoms with van der Waals surface area (Å²) in [4.78, 5) is 30.6. The van der Waals surface area contributed by atoms with E-state index in [1.54, 1.807) is 42.3 Å². The molecule has 0 atom stereocenters. The van der Waals surface area contributed by atoms with Crippen LogP contribution >= 0.6 is 0 Å².